The molecule has 7 heteroatoms. The number of hydrazine groups is 1. The molecule has 3 N–H and O–H groups in total. The van der Waals surface area contributed by atoms with Gasteiger partial charge >= 0.3 is 0 Å². The summed E-state index contributed by atoms with van der Waals surface area (Å²) in [5.41, 5.74) is 9.48. The van der Waals surface area contributed by atoms with Gasteiger partial charge in [0.25, 0.3) is 0 Å². The smallest absolute Gasteiger partial charge is 0.238 e. The van der Waals surface area contributed by atoms with E-state index in [1.165, 1.54) is 0 Å². The summed E-state index contributed by atoms with van der Waals surface area (Å²) >= 11 is 0. The topological polar surface area (TPSA) is 74.9 Å². The third kappa shape index (κ3) is 4.55. The molecular weight excluding hydrogens is 356 g/mol. The number of rotatable bonds is 7. The lowest BCUT2D eigenvalue weighted by Crippen LogP contribution is -2.42. The summed E-state index contributed by atoms with van der Waals surface area (Å²) in [6.45, 7) is 0.501. The Hall–Kier alpha value is -2.77. The first kappa shape index (κ1) is 20.0. The lowest BCUT2D eigenvalue weighted by atomic mass is 10.0. The number of hydrogen-bond donors (Lipinski definition) is 3. The zero-order valence-electron chi connectivity index (χ0n) is 16.8. The van der Waals surface area contributed by atoms with E-state index in [1.54, 1.807) is 14.2 Å². The van der Waals surface area contributed by atoms with Crippen molar-refractivity contribution >= 4 is 11.6 Å². The van der Waals surface area contributed by atoms with Crippen molar-refractivity contribution in [1.29, 1.82) is 0 Å². The minimum absolute atomic E-state index is 0.0176. The van der Waals surface area contributed by atoms with Gasteiger partial charge in [0.2, 0.25) is 5.91 Å². The predicted octanol–water partition coefficient (Wildman–Crippen LogP) is 1.99. The minimum Gasteiger partial charge on any atom is -0.497 e. The number of nitrogens with zero attached hydrogens (tertiary/aromatic N) is 1. The SMILES string of the molecule is COc1ccc(C2CC(C(=O)NCc3ccc(N(C)C)cc3)NN2)c(OC)c1. The van der Waals surface area contributed by atoms with Gasteiger partial charge in [-0.3, -0.25) is 4.79 Å². The molecule has 0 aromatic heterocycles. The Balaban J connectivity index is 1.57. The molecule has 0 radical (unpaired) electrons. The van der Waals surface area contributed by atoms with Crippen molar-refractivity contribution in [1.82, 2.24) is 16.2 Å². The van der Waals surface area contributed by atoms with Gasteiger partial charge in [-0.25, -0.2) is 10.9 Å². The van der Waals surface area contributed by atoms with Crippen LogP contribution in [0.25, 0.3) is 0 Å². The Morgan fingerprint density at radius 2 is 1.86 bits per heavy atom. The fraction of sp³-hybridized carbons (Fsp3) is 0.381. The number of hydrogen-bond acceptors (Lipinski definition) is 6. The summed E-state index contributed by atoms with van der Waals surface area (Å²) in [5, 5.41) is 3.00. The highest BCUT2D eigenvalue weighted by Gasteiger charge is 2.31. The van der Waals surface area contributed by atoms with E-state index in [-0.39, 0.29) is 18.0 Å². The highest BCUT2D eigenvalue weighted by Crippen LogP contribution is 2.33. The van der Waals surface area contributed by atoms with Gasteiger partial charge in [0.1, 0.15) is 17.5 Å². The van der Waals surface area contributed by atoms with Gasteiger partial charge in [0.15, 0.2) is 0 Å². The van der Waals surface area contributed by atoms with Crippen LogP contribution in [0.2, 0.25) is 0 Å². The van der Waals surface area contributed by atoms with Crippen LogP contribution >= 0.6 is 0 Å². The molecule has 2 atom stereocenters. The number of methoxy groups -OCH3 is 2. The third-order valence-corrected chi connectivity index (χ3v) is 4.96. The Morgan fingerprint density at radius 1 is 1.11 bits per heavy atom. The Morgan fingerprint density at radius 3 is 2.50 bits per heavy atom. The highest BCUT2D eigenvalue weighted by molar-refractivity contribution is 5.82. The predicted molar refractivity (Wildman–Crippen MR) is 110 cm³/mol. The molecule has 7 nitrogen and oxygen atoms in total. The molecule has 2 aromatic carbocycles. The number of nitrogens with one attached hydrogen (secondary N) is 3. The van der Waals surface area contributed by atoms with E-state index in [1.807, 2.05) is 61.5 Å². The maximum absolute atomic E-state index is 12.6. The van der Waals surface area contributed by atoms with Gasteiger partial charge < -0.3 is 19.7 Å². The van der Waals surface area contributed by atoms with E-state index in [4.69, 9.17) is 9.47 Å². The molecule has 1 aliphatic rings. The second-order valence-corrected chi connectivity index (χ2v) is 7.02. The molecule has 0 bridgehead atoms. The van der Waals surface area contributed by atoms with Crippen LogP contribution in [0.5, 0.6) is 11.5 Å². The zero-order valence-corrected chi connectivity index (χ0v) is 16.8. The molecule has 150 valence electrons. The first-order chi connectivity index (χ1) is 13.5. The monoisotopic (exact) mass is 384 g/mol. The maximum atomic E-state index is 12.6. The summed E-state index contributed by atoms with van der Waals surface area (Å²) in [7, 11) is 7.26. The van der Waals surface area contributed by atoms with E-state index in [0.717, 1.165) is 28.3 Å². The number of carbonyl (C=O) groups is 1. The molecule has 1 fully saturated rings. The van der Waals surface area contributed by atoms with Crippen LogP contribution in [0, 0.1) is 0 Å². The van der Waals surface area contributed by atoms with Crippen LogP contribution < -0.4 is 30.5 Å². The van der Waals surface area contributed by atoms with Crippen LogP contribution in [0.15, 0.2) is 42.5 Å². The molecule has 2 unspecified atom stereocenters. The number of benzene rings is 2. The molecule has 3 rings (SSSR count). The fourth-order valence-corrected chi connectivity index (χ4v) is 3.26. The van der Waals surface area contributed by atoms with Crippen LogP contribution in [0.1, 0.15) is 23.6 Å². The molecule has 2 aromatic rings. The normalized spacial score (nSPS) is 18.6. The molecule has 1 amide bonds. The number of anilines is 1. The van der Waals surface area contributed by atoms with Crippen LogP contribution in [0.4, 0.5) is 5.69 Å². The van der Waals surface area contributed by atoms with Gasteiger partial charge in [0.05, 0.1) is 20.3 Å². The Labute approximate surface area is 166 Å². The van der Waals surface area contributed by atoms with Crippen LogP contribution in [-0.4, -0.2) is 40.3 Å². The molecular formula is C21H28N4O3. The van der Waals surface area contributed by atoms with Crippen molar-refractivity contribution in [2.45, 2.75) is 25.0 Å². The van der Waals surface area contributed by atoms with Gasteiger partial charge in [-0.15, -0.1) is 0 Å². The van der Waals surface area contributed by atoms with Gasteiger partial charge in [-0.1, -0.05) is 18.2 Å². The van der Waals surface area contributed by atoms with E-state index in [2.05, 4.69) is 16.2 Å². The Bertz CT molecular complexity index is 808. The van der Waals surface area contributed by atoms with Crippen molar-refractivity contribution in [3.63, 3.8) is 0 Å². The third-order valence-electron chi connectivity index (χ3n) is 4.96. The lowest BCUT2D eigenvalue weighted by Gasteiger charge is -2.15. The van der Waals surface area contributed by atoms with Crippen molar-refractivity contribution in [3.05, 3.63) is 53.6 Å². The number of amides is 1. The molecule has 1 heterocycles. The second kappa shape index (κ2) is 8.95. The summed E-state index contributed by atoms with van der Waals surface area (Å²) in [4.78, 5) is 14.6. The van der Waals surface area contributed by atoms with Gasteiger partial charge in [-0.2, -0.15) is 0 Å². The second-order valence-electron chi connectivity index (χ2n) is 7.02. The number of ether oxygens (including phenoxy) is 2. The van der Waals surface area contributed by atoms with E-state index in [9.17, 15) is 4.79 Å². The molecule has 0 saturated carbocycles. The van der Waals surface area contributed by atoms with E-state index < -0.39 is 0 Å². The van der Waals surface area contributed by atoms with Gasteiger partial charge in [-0.05, 0) is 30.2 Å². The Kier molecular flexibility index (Phi) is 6.38. The summed E-state index contributed by atoms with van der Waals surface area (Å²) in [5.74, 6) is 1.45. The standard InChI is InChI=1S/C21H28N4O3/c1-25(2)15-7-5-14(6-8-15)13-22-21(26)19-12-18(23-24-19)17-10-9-16(27-3)11-20(17)28-4/h5-11,18-19,23-24H,12-13H2,1-4H3,(H,22,26). The largest absolute Gasteiger partial charge is 0.497 e. The zero-order chi connectivity index (χ0) is 20.1. The summed E-state index contributed by atoms with van der Waals surface area (Å²) in [6.07, 6.45) is 0.633. The molecule has 1 aliphatic heterocycles. The average molecular weight is 384 g/mol. The summed E-state index contributed by atoms with van der Waals surface area (Å²) in [6, 6.07) is 13.5. The van der Waals surface area contributed by atoms with Crippen molar-refractivity contribution in [2.24, 2.45) is 0 Å². The van der Waals surface area contributed by atoms with Crippen LogP contribution in [0.3, 0.4) is 0 Å². The van der Waals surface area contributed by atoms with E-state index >= 15 is 0 Å². The van der Waals surface area contributed by atoms with Crippen molar-refractivity contribution in [2.75, 3.05) is 33.2 Å². The average Bonchev–Trinajstić information content (AvgIpc) is 3.21. The molecule has 0 spiro atoms. The highest BCUT2D eigenvalue weighted by atomic mass is 16.5. The minimum atomic E-state index is -0.308. The first-order valence-corrected chi connectivity index (χ1v) is 9.28. The molecule has 1 saturated heterocycles. The maximum Gasteiger partial charge on any atom is 0.238 e. The lowest BCUT2D eigenvalue weighted by molar-refractivity contribution is -0.123. The molecule has 28 heavy (non-hydrogen) atoms. The quantitative estimate of drug-likeness (QED) is 0.678. The van der Waals surface area contributed by atoms with Crippen molar-refractivity contribution < 1.29 is 14.3 Å². The van der Waals surface area contributed by atoms with Gasteiger partial charge in [0, 0.05) is 38.0 Å². The fourth-order valence-electron chi connectivity index (χ4n) is 3.26. The summed E-state index contributed by atoms with van der Waals surface area (Å²) < 4.78 is 10.7. The molecule has 0 aliphatic carbocycles. The van der Waals surface area contributed by atoms with E-state index in [0.29, 0.717) is 13.0 Å². The van der Waals surface area contributed by atoms with Crippen LogP contribution in [-0.2, 0) is 11.3 Å². The van der Waals surface area contributed by atoms with Crippen molar-refractivity contribution in [3.8, 4) is 11.5 Å². The number of carbonyl (C=O) groups excluding carboxylic acids is 1. The first-order valence-electron chi connectivity index (χ1n) is 9.28.